The van der Waals surface area contributed by atoms with Gasteiger partial charge < -0.3 is 14.6 Å². The van der Waals surface area contributed by atoms with Crippen LogP contribution >= 0.6 is 23.1 Å². The van der Waals surface area contributed by atoms with E-state index in [1.807, 2.05) is 0 Å². The molecule has 41 heavy (non-hydrogen) atoms. The normalized spacial score (nSPS) is 16.1. The molecule has 0 radical (unpaired) electrons. The van der Waals surface area contributed by atoms with Crippen LogP contribution in [0.1, 0.15) is 22.7 Å². The molecule has 8 nitrogen and oxygen atoms in total. The van der Waals surface area contributed by atoms with Gasteiger partial charge >= 0.3 is 5.91 Å². The predicted octanol–water partition coefficient (Wildman–Crippen LogP) is 6.17. The van der Waals surface area contributed by atoms with Crippen molar-refractivity contribution in [1.82, 2.24) is 10.2 Å². The number of ketones is 1. The summed E-state index contributed by atoms with van der Waals surface area (Å²) in [6.45, 7) is 3.93. The summed E-state index contributed by atoms with van der Waals surface area (Å²) in [4.78, 5) is 28.2. The number of aliphatic hydroxyl groups is 1. The lowest BCUT2D eigenvalue weighted by Gasteiger charge is -2.23. The molecule has 11 heteroatoms. The van der Waals surface area contributed by atoms with Crippen LogP contribution in [0.25, 0.3) is 5.76 Å². The van der Waals surface area contributed by atoms with Crippen molar-refractivity contribution in [3.8, 4) is 11.5 Å². The standard InChI is InChI=1S/C30H24FN3O5S2/c1-3-15-39-23-6-4-5-20(16-23)25-24(26(35)19-9-13-22(38-2)14-10-19)27(36)28(37)34(25)29-32-33-30(41-29)40-17-18-7-11-21(31)12-8-18/h3-14,16,25,35H,1,15,17H2,2H3/b26-24+. The number of methoxy groups -OCH3 is 1. The molecule has 208 valence electrons. The minimum Gasteiger partial charge on any atom is -0.507 e. The zero-order chi connectivity index (χ0) is 28.9. The summed E-state index contributed by atoms with van der Waals surface area (Å²) < 4.78 is 24.7. The molecule has 4 aromatic rings. The number of aromatic nitrogens is 2. The quantitative estimate of drug-likeness (QED) is 0.0585. The molecule has 1 saturated heterocycles. The Balaban J connectivity index is 1.54. The van der Waals surface area contributed by atoms with Crippen molar-refractivity contribution in [3.05, 3.63) is 114 Å². The molecule has 1 atom stereocenters. The largest absolute Gasteiger partial charge is 0.507 e. The molecular formula is C30H24FN3O5S2. The van der Waals surface area contributed by atoms with E-state index in [4.69, 9.17) is 9.47 Å². The van der Waals surface area contributed by atoms with Crippen LogP contribution in [0, 0.1) is 5.82 Å². The second-order valence-electron chi connectivity index (χ2n) is 8.84. The molecule has 1 aromatic heterocycles. The highest BCUT2D eigenvalue weighted by Crippen LogP contribution is 2.44. The maximum absolute atomic E-state index is 13.5. The number of carbonyl (C=O) groups excluding carboxylic acids is 2. The first-order valence-corrected chi connectivity index (χ1v) is 14.2. The molecule has 1 aliphatic rings. The van der Waals surface area contributed by atoms with Gasteiger partial charge in [0.25, 0.3) is 5.78 Å². The van der Waals surface area contributed by atoms with Crippen LogP contribution in [0.5, 0.6) is 11.5 Å². The van der Waals surface area contributed by atoms with Gasteiger partial charge in [0, 0.05) is 11.3 Å². The Morgan fingerprint density at radius 2 is 1.85 bits per heavy atom. The number of anilines is 1. The summed E-state index contributed by atoms with van der Waals surface area (Å²) in [6.07, 6.45) is 1.61. The average molecular weight is 590 g/mol. The lowest BCUT2D eigenvalue weighted by atomic mass is 9.95. The van der Waals surface area contributed by atoms with E-state index >= 15 is 0 Å². The van der Waals surface area contributed by atoms with Crippen LogP contribution in [0.15, 0.2) is 95.4 Å². The van der Waals surface area contributed by atoms with Crippen molar-refractivity contribution >= 4 is 45.7 Å². The summed E-state index contributed by atoms with van der Waals surface area (Å²) in [5.41, 5.74) is 1.69. The van der Waals surface area contributed by atoms with Crippen LogP contribution in [-0.4, -0.2) is 40.7 Å². The second kappa shape index (κ2) is 12.4. The van der Waals surface area contributed by atoms with Crippen LogP contribution in [0.3, 0.4) is 0 Å². The van der Waals surface area contributed by atoms with Crippen molar-refractivity contribution in [3.63, 3.8) is 0 Å². The number of nitrogens with zero attached hydrogens (tertiary/aromatic N) is 3. The number of aliphatic hydroxyl groups excluding tert-OH is 1. The number of rotatable bonds is 10. The highest BCUT2D eigenvalue weighted by molar-refractivity contribution is 8.00. The summed E-state index contributed by atoms with van der Waals surface area (Å²) >= 11 is 2.52. The number of hydrogen-bond acceptors (Lipinski definition) is 9. The molecular weight excluding hydrogens is 565 g/mol. The number of benzene rings is 3. The lowest BCUT2D eigenvalue weighted by Crippen LogP contribution is -2.29. The molecule has 0 aliphatic carbocycles. The molecule has 3 aromatic carbocycles. The third kappa shape index (κ3) is 6.01. The van der Waals surface area contributed by atoms with E-state index < -0.39 is 17.7 Å². The monoisotopic (exact) mass is 589 g/mol. The third-order valence-corrected chi connectivity index (χ3v) is 8.35. The number of thioether (sulfide) groups is 1. The zero-order valence-electron chi connectivity index (χ0n) is 21.8. The molecule has 5 rings (SSSR count). The zero-order valence-corrected chi connectivity index (χ0v) is 23.5. The van der Waals surface area contributed by atoms with Gasteiger partial charge in [0.05, 0.1) is 18.7 Å². The maximum atomic E-state index is 13.5. The van der Waals surface area contributed by atoms with E-state index in [0.717, 1.165) is 16.9 Å². The predicted molar refractivity (Wildman–Crippen MR) is 156 cm³/mol. The first-order chi connectivity index (χ1) is 19.9. The van der Waals surface area contributed by atoms with Gasteiger partial charge in [-0.25, -0.2) is 4.39 Å². The van der Waals surface area contributed by atoms with Gasteiger partial charge in [-0.3, -0.25) is 14.5 Å². The molecule has 0 spiro atoms. The second-order valence-corrected chi connectivity index (χ2v) is 11.0. The van der Waals surface area contributed by atoms with Crippen molar-refractivity contribution in [1.29, 1.82) is 0 Å². The van der Waals surface area contributed by atoms with E-state index in [9.17, 15) is 19.1 Å². The molecule has 0 bridgehead atoms. The van der Waals surface area contributed by atoms with Gasteiger partial charge in [-0.05, 0) is 59.7 Å². The Morgan fingerprint density at radius 3 is 2.56 bits per heavy atom. The van der Waals surface area contributed by atoms with Gasteiger partial charge in [0.1, 0.15) is 29.7 Å². The van der Waals surface area contributed by atoms with Crippen molar-refractivity contribution in [2.75, 3.05) is 18.6 Å². The van der Waals surface area contributed by atoms with Crippen molar-refractivity contribution in [2.24, 2.45) is 0 Å². The number of hydrogen-bond donors (Lipinski definition) is 1. The average Bonchev–Trinajstić information content (AvgIpc) is 3.57. The highest BCUT2D eigenvalue weighted by atomic mass is 32.2. The SMILES string of the molecule is C=CCOc1cccc(C2/C(=C(\O)c3ccc(OC)cc3)C(=O)C(=O)N2c2nnc(SCc3ccc(F)cc3)s2)c1. The van der Waals surface area contributed by atoms with E-state index in [-0.39, 0.29) is 28.9 Å². The Kier molecular flexibility index (Phi) is 8.46. The third-order valence-electron chi connectivity index (χ3n) is 6.23. The molecule has 1 amide bonds. The van der Waals surface area contributed by atoms with Gasteiger partial charge in [-0.15, -0.1) is 10.2 Å². The number of Topliss-reactive ketones (excluding diaryl/α,β-unsaturated/α-hetero) is 1. The highest BCUT2D eigenvalue weighted by Gasteiger charge is 2.48. The molecule has 0 saturated carbocycles. The van der Waals surface area contributed by atoms with E-state index in [2.05, 4.69) is 16.8 Å². The van der Waals surface area contributed by atoms with Crippen LogP contribution in [-0.2, 0) is 15.3 Å². The van der Waals surface area contributed by atoms with Crippen molar-refractivity contribution < 1.29 is 28.6 Å². The minimum absolute atomic E-state index is 0.0863. The Hall–Kier alpha value is -4.48. The van der Waals surface area contributed by atoms with Gasteiger partial charge in [0.15, 0.2) is 4.34 Å². The maximum Gasteiger partial charge on any atom is 0.301 e. The molecule has 1 unspecified atom stereocenters. The summed E-state index contributed by atoms with van der Waals surface area (Å²) in [7, 11) is 1.52. The summed E-state index contributed by atoms with van der Waals surface area (Å²) in [5.74, 6) is -0.745. The lowest BCUT2D eigenvalue weighted by molar-refractivity contribution is -0.132. The topological polar surface area (TPSA) is 102 Å². The molecule has 1 fully saturated rings. The van der Waals surface area contributed by atoms with Crippen LogP contribution < -0.4 is 14.4 Å². The van der Waals surface area contributed by atoms with E-state index in [1.165, 1.54) is 35.9 Å². The Labute approximate surface area is 243 Å². The fraction of sp³-hybridized carbons (Fsp3) is 0.133. The number of carbonyl (C=O) groups is 2. The Morgan fingerprint density at radius 1 is 1.10 bits per heavy atom. The van der Waals surface area contributed by atoms with E-state index in [0.29, 0.717) is 32.7 Å². The molecule has 1 N–H and O–H groups in total. The fourth-order valence-electron chi connectivity index (χ4n) is 4.26. The van der Waals surface area contributed by atoms with Crippen molar-refractivity contribution in [2.45, 2.75) is 16.1 Å². The van der Waals surface area contributed by atoms with E-state index in [1.54, 1.807) is 66.7 Å². The van der Waals surface area contributed by atoms with Gasteiger partial charge in [0.2, 0.25) is 5.13 Å². The first kappa shape index (κ1) is 28.1. The van der Waals surface area contributed by atoms with Gasteiger partial charge in [-0.2, -0.15) is 0 Å². The number of ether oxygens (including phenoxy) is 2. The number of amides is 1. The minimum atomic E-state index is -0.993. The van der Waals surface area contributed by atoms with Crippen LogP contribution in [0.4, 0.5) is 9.52 Å². The first-order valence-electron chi connectivity index (χ1n) is 12.4. The van der Waals surface area contributed by atoms with Gasteiger partial charge in [-0.1, -0.05) is 60.0 Å². The smallest absolute Gasteiger partial charge is 0.301 e. The summed E-state index contributed by atoms with van der Waals surface area (Å²) in [6, 6.07) is 18.6. The fourth-order valence-corrected chi connectivity index (χ4v) is 6.09. The van der Waals surface area contributed by atoms with Crippen LogP contribution in [0.2, 0.25) is 0 Å². The Bertz CT molecular complexity index is 1620. The molecule has 2 heterocycles. The molecule has 1 aliphatic heterocycles. The summed E-state index contributed by atoms with van der Waals surface area (Å²) in [5, 5.41) is 20.0. The number of halogens is 1.